The summed E-state index contributed by atoms with van der Waals surface area (Å²) in [6.07, 6.45) is 0.0394. The second-order valence-electron chi connectivity index (χ2n) is 7.93. The maximum absolute atomic E-state index is 13.2. The third-order valence-corrected chi connectivity index (χ3v) is 6.77. The van der Waals surface area contributed by atoms with Gasteiger partial charge in [-0.1, -0.05) is 53.7 Å². The third kappa shape index (κ3) is 6.53. The molecule has 1 aliphatic heterocycles. The predicted octanol–water partition coefficient (Wildman–Crippen LogP) is 5.68. The molecule has 1 unspecified atom stereocenters. The molecule has 7 nitrogen and oxygen atoms in total. The maximum Gasteiger partial charge on any atom is 0.338 e. The van der Waals surface area contributed by atoms with E-state index in [9.17, 15) is 14.4 Å². The van der Waals surface area contributed by atoms with E-state index in [0.717, 1.165) is 5.56 Å². The second kappa shape index (κ2) is 11.9. The van der Waals surface area contributed by atoms with Crippen LogP contribution in [0, 0.1) is 0 Å². The van der Waals surface area contributed by atoms with E-state index >= 15 is 0 Å². The van der Waals surface area contributed by atoms with Crippen LogP contribution in [0.4, 0.5) is 11.4 Å². The Hall–Kier alpha value is -3.62. The molecular weight excluding hydrogens is 498 g/mol. The number of hydrogen-bond acceptors (Lipinski definition) is 6. The Balaban J connectivity index is 1.60. The molecule has 0 saturated carbocycles. The first-order valence-corrected chi connectivity index (χ1v) is 12.6. The number of carbonyl (C=O) groups excluding carboxylic acids is 3. The highest BCUT2D eigenvalue weighted by atomic mass is 35.5. The molecule has 3 aromatic rings. The van der Waals surface area contributed by atoms with Gasteiger partial charge in [0.15, 0.2) is 5.17 Å². The van der Waals surface area contributed by atoms with Crippen molar-refractivity contribution in [3.63, 3.8) is 0 Å². The van der Waals surface area contributed by atoms with Crippen LogP contribution in [-0.4, -0.2) is 39.7 Å². The van der Waals surface area contributed by atoms with Crippen LogP contribution in [-0.2, 0) is 20.9 Å². The fourth-order valence-electron chi connectivity index (χ4n) is 3.51. The number of benzene rings is 3. The molecule has 1 saturated heterocycles. The highest BCUT2D eigenvalue weighted by molar-refractivity contribution is 8.15. The van der Waals surface area contributed by atoms with Crippen molar-refractivity contribution in [2.45, 2.75) is 25.1 Å². The first kappa shape index (κ1) is 25.5. The van der Waals surface area contributed by atoms with Crippen LogP contribution in [0.25, 0.3) is 0 Å². The monoisotopic (exact) mass is 521 g/mol. The average Bonchev–Trinajstić information content (AvgIpc) is 2.88. The van der Waals surface area contributed by atoms with Gasteiger partial charge in [0, 0.05) is 17.1 Å². The Bertz CT molecular complexity index is 1260. The number of hydrogen-bond donors (Lipinski definition) is 1. The summed E-state index contributed by atoms with van der Waals surface area (Å²) in [5.74, 6) is -0.893. The molecule has 0 spiro atoms. The fraction of sp³-hybridized carbons (Fsp3) is 0.185. The predicted molar refractivity (Wildman–Crippen MR) is 143 cm³/mol. The van der Waals surface area contributed by atoms with Gasteiger partial charge in [-0.25, -0.2) is 9.79 Å². The molecule has 0 radical (unpaired) electrons. The van der Waals surface area contributed by atoms with Crippen LogP contribution in [0.2, 0.25) is 5.02 Å². The van der Waals surface area contributed by atoms with Crippen LogP contribution < -0.4 is 5.32 Å². The number of amidine groups is 1. The van der Waals surface area contributed by atoms with Crippen molar-refractivity contribution in [2.75, 3.05) is 11.9 Å². The van der Waals surface area contributed by atoms with E-state index in [1.54, 1.807) is 60.4 Å². The molecule has 0 aliphatic carbocycles. The van der Waals surface area contributed by atoms with Crippen LogP contribution in [0.3, 0.4) is 0 Å². The lowest BCUT2D eigenvalue weighted by molar-refractivity contribution is -0.129. The van der Waals surface area contributed by atoms with E-state index in [2.05, 4.69) is 10.3 Å². The molecule has 1 aliphatic rings. The summed E-state index contributed by atoms with van der Waals surface area (Å²) in [6, 6.07) is 22.9. The zero-order valence-corrected chi connectivity index (χ0v) is 21.1. The van der Waals surface area contributed by atoms with Crippen LogP contribution >= 0.6 is 23.4 Å². The second-order valence-corrected chi connectivity index (χ2v) is 9.54. The fourth-order valence-corrected chi connectivity index (χ4v) is 4.73. The van der Waals surface area contributed by atoms with E-state index < -0.39 is 11.2 Å². The molecule has 0 aromatic heterocycles. The van der Waals surface area contributed by atoms with Crippen LogP contribution in [0.5, 0.6) is 0 Å². The van der Waals surface area contributed by atoms with Crippen molar-refractivity contribution in [2.24, 2.45) is 4.99 Å². The number of nitrogens with one attached hydrogen (secondary N) is 1. The molecule has 4 rings (SSSR count). The number of amides is 2. The Labute approximate surface area is 218 Å². The Morgan fingerprint density at radius 2 is 1.75 bits per heavy atom. The number of nitrogens with zero attached hydrogens (tertiary/aromatic N) is 2. The Morgan fingerprint density at radius 1 is 1.06 bits per heavy atom. The number of carbonyl (C=O) groups is 3. The third-order valence-electron chi connectivity index (χ3n) is 5.33. The number of rotatable bonds is 7. The van der Waals surface area contributed by atoms with Gasteiger partial charge in [-0.05, 0) is 61.0 Å². The van der Waals surface area contributed by atoms with Crippen molar-refractivity contribution < 1.29 is 19.1 Å². The minimum Gasteiger partial charge on any atom is -0.462 e. The minimum absolute atomic E-state index is 0.0394. The van der Waals surface area contributed by atoms with Gasteiger partial charge in [0.05, 0.1) is 24.4 Å². The number of ether oxygens (including phenoxy) is 1. The van der Waals surface area contributed by atoms with Gasteiger partial charge in [-0.2, -0.15) is 0 Å². The van der Waals surface area contributed by atoms with Crippen LogP contribution in [0.15, 0.2) is 83.9 Å². The van der Waals surface area contributed by atoms with Gasteiger partial charge in [-0.15, -0.1) is 0 Å². The number of aliphatic imine (C=N–C) groups is 1. The number of thioether (sulfide) groups is 1. The lowest BCUT2D eigenvalue weighted by Crippen LogP contribution is -2.44. The van der Waals surface area contributed by atoms with Crippen molar-refractivity contribution in [1.82, 2.24) is 4.90 Å². The number of halogens is 1. The lowest BCUT2D eigenvalue weighted by Gasteiger charge is -2.32. The average molecular weight is 522 g/mol. The Kier molecular flexibility index (Phi) is 8.40. The van der Waals surface area contributed by atoms with Crippen LogP contribution in [0.1, 0.15) is 29.3 Å². The Morgan fingerprint density at radius 3 is 2.42 bits per heavy atom. The van der Waals surface area contributed by atoms with Gasteiger partial charge in [-0.3, -0.25) is 14.5 Å². The summed E-state index contributed by atoms with van der Waals surface area (Å²) in [5.41, 5.74) is 2.49. The van der Waals surface area contributed by atoms with Gasteiger partial charge in [0.1, 0.15) is 5.25 Å². The molecule has 0 bridgehead atoms. The van der Waals surface area contributed by atoms with Gasteiger partial charge >= 0.3 is 5.97 Å². The topological polar surface area (TPSA) is 88.1 Å². The largest absolute Gasteiger partial charge is 0.462 e. The summed E-state index contributed by atoms with van der Waals surface area (Å²) >= 11 is 7.24. The number of esters is 1. The molecule has 2 amide bonds. The minimum atomic E-state index is -0.642. The summed E-state index contributed by atoms with van der Waals surface area (Å²) in [5, 5.41) is 3.23. The van der Waals surface area contributed by atoms with Crippen molar-refractivity contribution in [1.29, 1.82) is 0 Å². The van der Waals surface area contributed by atoms with Crippen molar-refractivity contribution in [3.05, 3.63) is 95.0 Å². The SMILES string of the molecule is CCOC(=O)c1ccc(N=C2SC(C(=O)Nc3ccccc3)CC(=O)N2Cc2ccc(Cl)cc2)cc1. The van der Waals surface area contributed by atoms with Crippen molar-refractivity contribution >= 4 is 57.7 Å². The highest BCUT2D eigenvalue weighted by Gasteiger charge is 2.36. The van der Waals surface area contributed by atoms with E-state index in [4.69, 9.17) is 16.3 Å². The summed E-state index contributed by atoms with van der Waals surface area (Å²) in [7, 11) is 0. The lowest BCUT2D eigenvalue weighted by atomic mass is 10.2. The molecule has 1 N–H and O–H groups in total. The smallest absolute Gasteiger partial charge is 0.338 e. The van der Waals surface area contributed by atoms with Gasteiger partial charge in [0.25, 0.3) is 0 Å². The van der Waals surface area contributed by atoms with E-state index in [-0.39, 0.29) is 31.4 Å². The molecule has 3 aromatic carbocycles. The molecule has 36 heavy (non-hydrogen) atoms. The molecule has 1 atom stereocenters. The molecular formula is C27H24ClN3O4S. The molecule has 1 fully saturated rings. The standard InChI is InChI=1S/C27H24ClN3O4S/c1-2-35-26(34)19-10-14-22(15-11-19)30-27-31(17-18-8-12-20(28)13-9-18)24(32)16-23(36-27)25(33)29-21-6-4-3-5-7-21/h3-15,23H,2,16-17H2,1H3,(H,29,33). The first-order chi connectivity index (χ1) is 17.4. The molecule has 184 valence electrons. The number of para-hydroxylation sites is 1. The zero-order valence-electron chi connectivity index (χ0n) is 19.5. The summed E-state index contributed by atoms with van der Waals surface area (Å²) < 4.78 is 5.03. The van der Waals surface area contributed by atoms with Gasteiger partial charge < -0.3 is 10.1 Å². The van der Waals surface area contributed by atoms with E-state index in [1.165, 1.54) is 11.8 Å². The summed E-state index contributed by atoms with van der Waals surface area (Å²) in [6.45, 7) is 2.32. The van der Waals surface area contributed by atoms with Gasteiger partial charge in [0.2, 0.25) is 11.8 Å². The number of anilines is 1. The zero-order chi connectivity index (χ0) is 25.5. The highest BCUT2D eigenvalue weighted by Crippen LogP contribution is 2.31. The van der Waals surface area contributed by atoms with E-state index in [0.29, 0.717) is 27.1 Å². The normalized spacial score (nSPS) is 16.6. The molecule has 9 heteroatoms. The first-order valence-electron chi connectivity index (χ1n) is 11.4. The maximum atomic E-state index is 13.2. The van der Waals surface area contributed by atoms with E-state index in [1.807, 2.05) is 30.3 Å². The molecule has 1 heterocycles. The summed E-state index contributed by atoms with van der Waals surface area (Å²) in [4.78, 5) is 44.4. The van der Waals surface area contributed by atoms with Crippen molar-refractivity contribution in [3.8, 4) is 0 Å². The quantitative estimate of drug-likeness (QED) is 0.404.